The molecule has 16 rings (SSSR count). The van der Waals surface area contributed by atoms with Gasteiger partial charge in [-0.1, -0.05) is 115 Å². The predicted molar refractivity (Wildman–Crippen MR) is 293 cm³/mol. The van der Waals surface area contributed by atoms with Gasteiger partial charge in [0, 0.05) is 72.7 Å². The third-order valence-electron chi connectivity index (χ3n) is 15.6. The van der Waals surface area contributed by atoms with E-state index >= 15 is 0 Å². The summed E-state index contributed by atoms with van der Waals surface area (Å²) in [6, 6.07) is 80.1. The number of ether oxygens (including phenoxy) is 1. The van der Waals surface area contributed by atoms with E-state index in [0.717, 1.165) is 112 Å². The van der Waals surface area contributed by atoms with Crippen LogP contribution >= 0.6 is 0 Å². The Bertz CT molecular complexity index is 4700. The maximum Gasteiger partial charge on any atom is 0.132 e. The smallest absolute Gasteiger partial charge is 0.132 e. The molecule has 14 aromatic rings. The van der Waals surface area contributed by atoms with E-state index in [4.69, 9.17) is 14.7 Å². The molecule has 1 atom stereocenters. The Morgan fingerprint density at radius 3 is 1.62 bits per heavy atom. The normalized spacial score (nSPS) is 14.5. The molecule has 1 unspecified atom stereocenters. The van der Waals surface area contributed by atoms with Gasteiger partial charge in [0.1, 0.15) is 11.5 Å². The third-order valence-corrected chi connectivity index (χ3v) is 15.6. The van der Waals surface area contributed by atoms with Gasteiger partial charge in [0.15, 0.2) is 0 Å². The van der Waals surface area contributed by atoms with Gasteiger partial charge >= 0.3 is 0 Å². The van der Waals surface area contributed by atoms with E-state index in [9.17, 15) is 5.26 Å². The van der Waals surface area contributed by atoms with E-state index in [1.54, 1.807) is 0 Å². The molecule has 6 heterocycles. The molecule has 0 N–H and O–H groups in total. The second kappa shape index (κ2) is 14.8. The van der Waals surface area contributed by atoms with Crippen LogP contribution in [0.4, 0.5) is 0 Å². The summed E-state index contributed by atoms with van der Waals surface area (Å²) in [5, 5.41) is 16.8. The van der Waals surface area contributed by atoms with Crippen molar-refractivity contribution in [2.45, 2.75) is 5.41 Å². The van der Waals surface area contributed by atoms with Gasteiger partial charge in [-0.2, -0.15) is 5.26 Å². The minimum absolute atomic E-state index is 0.630. The lowest BCUT2D eigenvalue weighted by Gasteiger charge is -2.39. The lowest BCUT2D eigenvalue weighted by atomic mass is 9.66. The summed E-state index contributed by atoms with van der Waals surface area (Å²) >= 11 is 0. The Morgan fingerprint density at radius 1 is 0.384 bits per heavy atom. The summed E-state index contributed by atoms with van der Waals surface area (Å²) in [6.07, 6.45) is 3.89. The zero-order chi connectivity index (χ0) is 47.9. The highest BCUT2D eigenvalue weighted by atomic mass is 16.5. The van der Waals surface area contributed by atoms with Gasteiger partial charge in [0.25, 0.3) is 0 Å². The van der Waals surface area contributed by atoms with Gasteiger partial charge in [-0.25, -0.2) is 0 Å². The molecule has 1 aliphatic heterocycles. The Kier molecular flexibility index (Phi) is 8.04. The number of pyridine rings is 2. The maximum absolute atomic E-state index is 9.92. The van der Waals surface area contributed by atoms with Crippen LogP contribution in [0, 0.1) is 11.3 Å². The highest BCUT2D eigenvalue weighted by Gasteiger charge is 2.52. The number of fused-ring (bicyclic) bond motifs is 18. The average Bonchev–Trinajstić information content (AvgIpc) is 4.17. The summed E-state index contributed by atoms with van der Waals surface area (Å²) < 4.78 is 14.0. The van der Waals surface area contributed by atoms with E-state index in [-0.39, 0.29) is 0 Å². The van der Waals surface area contributed by atoms with Crippen LogP contribution in [0.15, 0.2) is 231 Å². The summed E-state index contributed by atoms with van der Waals surface area (Å²) in [7, 11) is 0. The molecule has 0 fully saturated rings. The first-order valence-corrected chi connectivity index (χ1v) is 24.6. The monoisotopic (exact) mass is 930 g/mol. The quantitative estimate of drug-likeness (QED) is 0.176. The van der Waals surface area contributed by atoms with Crippen molar-refractivity contribution in [3.8, 4) is 57.1 Å². The van der Waals surface area contributed by atoms with Crippen LogP contribution < -0.4 is 4.74 Å². The number of hydrogen-bond donors (Lipinski definition) is 0. The number of para-hydroxylation sites is 7. The van der Waals surface area contributed by atoms with E-state index in [1.807, 2.05) is 36.7 Å². The van der Waals surface area contributed by atoms with E-state index in [0.29, 0.717) is 5.56 Å². The fraction of sp³-hybridized carbons (Fsp3) is 0.0152. The number of hydrogen-bond acceptors (Lipinski definition) is 4. The number of nitriles is 1. The summed E-state index contributed by atoms with van der Waals surface area (Å²) in [6.45, 7) is 0. The molecule has 1 aliphatic carbocycles. The second-order valence-corrected chi connectivity index (χ2v) is 19.2. The van der Waals surface area contributed by atoms with E-state index < -0.39 is 5.41 Å². The first-order valence-electron chi connectivity index (χ1n) is 24.6. The molecule has 1 spiro atoms. The molecule has 5 aromatic heterocycles. The van der Waals surface area contributed by atoms with Crippen molar-refractivity contribution < 1.29 is 4.74 Å². The molecule has 7 nitrogen and oxygen atoms in total. The third kappa shape index (κ3) is 5.30. The lowest BCUT2D eigenvalue weighted by Crippen LogP contribution is -2.32. The Hall–Kier alpha value is -10.0. The summed E-state index contributed by atoms with van der Waals surface area (Å²) in [5.41, 5.74) is 17.6. The minimum atomic E-state index is -0.828. The maximum atomic E-state index is 9.92. The van der Waals surface area contributed by atoms with Crippen molar-refractivity contribution in [2.75, 3.05) is 0 Å². The van der Waals surface area contributed by atoms with Crippen LogP contribution in [-0.2, 0) is 5.41 Å². The van der Waals surface area contributed by atoms with Gasteiger partial charge in [-0.15, -0.1) is 0 Å². The Morgan fingerprint density at radius 2 is 0.918 bits per heavy atom. The van der Waals surface area contributed by atoms with Crippen LogP contribution in [0.3, 0.4) is 0 Å². The molecule has 7 heteroatoms. The molecule has 0 radical (unpaired) electrons. The Balaban J connectivity index is 0.912. The van der Waals surface area contributed by atoms with Gasteiger partial charge in [-0.05, 0) is 114 Å². The molecule has 9 aromatic carbocycles. The second-order valence-electron chi connectivity index (χ2n) is 19.2. The first kappa shape index (κ1) is 39.8. The topological polar surface area (TPSA) is 73.6 Å². The predicted octanol–water partition coefficient (Wildman–Crippen LogP) is 15.8. The molecule has 0 saturated carbocycles. The Labute approximate surface area is 418 Å². The zero-order valence-electron chi connectivity index (χ0n) is 39.0. The van der Waals surface area contributed by atoms with Gasteiger partial charge in [0.2, 0.25) is 0 Å². The summed E-state index contributed by atoms with van der Waals surface area (Å²) in [5.74, 6) is 1.57. The fourth-order valence-electron chi connectivity index (χ4n) is 12.6. The van der Waals surface area contributed by atoms with Gasteiger partial charge < -0.3 is 18.4 Å². The number of aromatic nitrogens is 5. The highest BCUT2D eigenvalue weighted by molar-refractivity contribution is 6.13. The SMILES string of the molecule is N#Cc1ccc2c(c1)c1ccccc1n2-c1ccc2c(c1)C1(c3ccccc3O2)c2cccnc2-c2ncc(-c3ccc4c(c3)c3ccccc3n4-c3ccccc3-n3c4ccccc4c4ccccc43)cc21. The van der Waals surface area contributed by atoms with Crippen molar-refractivity contribution in [3.63, 3.8) is 0 Å². The van der Waals surface area contributed by atoms with Crippen LogP contribution in [0.2, 0.25) is 0 Å². The molecular formula is C66H38N6O. The molecule has 338 valence electrons. The number of nitrogens with zero attached hydrogens (tertiary/aromatic N) is 6. The zero-order valence-corrected chi connectivity index (χ0v) is 39.0. The molecule has 0 amide bonds. The number of rotatable bonds is 4. The van der Waals surface area contributed by atoms with E-state index in [1.165, 1.54) is 27.2 Å². The van der Waals surface area contributed by atoms with Gasteiger partial charge in [0.05, 0.1) is 72.9 Å². The van der Waals surface area contributed by atoms with Crippen LogP contribution in [-0.4, -0.2) is 23.7 Å². The molecule has 0 bridgehead atoms. The van der Waals surface area contributed by atoms with Crippen LogP contribution in [0.5, 0.6) is 11.5 Å². The van der Waals surface area contributed by atoms with Gasteiger partial charge in [-0.3, -0.25) is 9.97 Å². The van der Waals surface area contributed by atoms with Crippen molar-refractivity contribution in [1.29, 1.82) is 5.26 Å². The largest absolute Gasteiger partial charge is 0.457 e. The highest BCUT2D eigenvalue weighted by Crippen LogP contribution is 2.62. The summed E-state index contributed by atoms with van der Waals surface area (Å²) in [4.78, 5) is 10.5. The molecule has 73 heavy (non-hydrogen) atoms. The number of benzene rings is 9. The van der Waals surface area contributed by atoms with Crippen molar-refractivity contribution in [2.24, 2.45) is 0 Å². The average molecular weight is 931 g/mol. The lowest BCUT2D eigenvalue weighted by molar-refractivity contribution is 0.436. The van der Waals surface area contributed by atoms with Crippen molar-refractivity contribution in [3.05, 3.63) is 259 Å². The fourth-order valence-corrected chi connectivity index (χ4v) is 12.6. The van der Waals surface area contributed by atoms with Crippen molar-refractivity contribution >= 4 is 65.4 Å². The standard InChI is InChI=1S/C66H38N6O/c67-38-40-27-30-58-48(34-40)46-16-3-6-20-54(46)70(58)43-29-32-63-52(37-43)66(50-18-5-12-26-62(50)73-63)51-19-13-33-68-64(51)65-53(66)36-42(39-69-65)41-28-31-59-49(35-41)47-17-4-9-23-57(47)72(59)61-25-11-10-24-60(61)71-55-21-7-1-14-44(55)45-15-2-8-22-56(45)71/h1-37,39H. The minimum Gasteiger partial charge on any atom is -0.457 e. The first-order chi connectivity index (χ1) is 36.2. The van der Waals surface area contributed by atoms with E-state index in [2.05, 4.69) is 214 Å². The molecule has 2 aliphatic rings. The molecular weight excluding hydrogens is 893 g/mol. The van der Waals surface area contributed by atoms with Crippen molar-refractivity contribution in [1.82, 2.24) is 23.7 Å². The van der Waals surface area contributed by atoms with Crippen LogP contribution in [0.1, 0.15) is 27.8 Å². The van der Waals surface area contributed by atoms with Crippen LogP contribution in [0.25, 0.3) is 105 Å². The molecule has 0 saturated heterocycles.